The number of furan rings is 1. The standard InChI is InChI=1S/C19H23N3O4.ClH/c20-17(14-7-10-25-11-8-14)19(24)21-12-13-3-5-15(6-4-13)22-18(23)16-2-1-9-26-16;/h1-6,9,14,17H,7-8,10-12,20H2,(H,21,24)(H,22,23);1H. The molecule has 4 N–H and O–H groups in total. The molecule has 2 heterocycles. The van der Waals surface area contributed by atoms with Crippen LogP contribution in [0.2, 0.25) is 0 Å². The normalized spacial score (nSPS) is 15.4. The SMILES string of the molecule is Cl.NC(C(=O)NCc1ccc(NC(=O)c2ccco2)cc1)C1CCOCC1. The predicted octanol–water partition coefficient (Wildman–Crippen LogP) is 2.32. The molecule has 1 saturated heterocycles. The van der Waals surface area contributed by atoms with Gasteiger partial charge in [0.25, 0.3) is 5.91 Å². The second-order valence-electron chi connectivity index (χ2n) is 6.32. The van der Waals surface area contributed by atoms with Crippen molar-refractivity contribution in [3.05, 3.63) is 54.0 Å². The number of anilines is 1. The highest BCUT2D eigenvalue weighted by Gasteiger charge is 2.26. The molecular formula is C19H24ClN3O4. The minimum Gasteiger partial charge on any atom is -0.459 e. The maximum Gasteiger partial charge on any atom is 0.291 e. The van der Waals surface area contributed by atoms with E-state index in [0.29, 0.717) is 25.4 Å². The lowest BCUT2D eigenvalue weighted by molar-refractivity contribution is -0.124. The molecule has 8 heteroatoms. The van der Waals surface area contributed by atoms with Crippen molar-refractivity contribution in [2.24, 2.45) is 11.7 Å². The van der Waals surface area contributed by atoms with Crippen molar-refractivity contribution in [1.82, 2.24) is 5.32 Å². The van der Waals surface area contributed by atoms with Crippen molar-refractivity contribution in [2.75, 3.05) is 18.5 Å². The summed E-state index contributed by atoms with van der Waals surface area (Å²) in [6.45, 7) is 1.72. The Bertz CT molecular complexity index is 728. The first-order valence-corrected chi connectivity index (χ1v) is 8.68. The quantitative estimate of drug-likeness (QED) is 0.698. The molecule has 0 saturated carbocycles. The van der Waals surface area contributed by atoms with Crippen LogP contribution in [-0.4, -0.2) is 31.1 Å². The van der Waals surface area contributed by atoms with Gasteiger partial charge in [0.15, 0.2) is 5.76 Å². The van der Waals surface area contributed by atoms with Gasteiger partial charge in [0.05, 0.1) is 12.3 Å². The summed E-state index contributed by atoms with van der Waals surface area (Å²) in [5.74, 6) is -0.0306. The molecule has 1 fully saturated rings. The van der Waals surface area contributed by atoms with Crippen molar-refractivity contribution in [3.8, 4) is 0 Å². The van der Waals surface area contributed by atoms with Gasteiger partial charge in [-0.1, -0.05) is 12.1 Å². The van der Waals surface area contributed by atoms with Crippen LogP contribution >= 0.6 is 12.4 Å². The summed E-state index contributed by atoms with van der Waals surface area (Å²) >= 11 is 0. The summed E-state index contributed by atoms with van der Waals surface area (Å²) in [6, 6.07) is 10.00. The Morgan fingerprint density at radius 2 is 1.85 bits per heavy atom. The number of nitrogens with two attached hydrogens (primary N) is 1. The Kier molecular flexibility index (Phi) is 7.84. The molecule has 1 unspecified atom stereocenters. The first kappa shape index (κ1) is 21.0. The lowest BCUT2D eigenvalue weighted by atomic mass is 9.92. The van der Waals surface area contributed by atoms with Crippen molar-refractivity contribution >= 4 is 29.9 Å². The van der Waals surface area contributed by atoms with Gasteiger partial charge in [0, 0.05) is 25.4 Å². The Labute approximate surface area is 164 Å². The average Bonchev–Trinajstić information content (AvgIpc) is 3.22. The lowest BCUT2D eigenvalue weighted by Crippen LogP contribution is -2.46. The van der Waals surface area contributed by atoms with Crippen LogP contribution in [0.25, 0.3) is 0 Å². The fourth-order valence-electron chi connectivity index (χ4n) is 2.90. The maximum absolute atomic E-state index is 12.2. The summed E-state index contributed by atoms with van der Waals surface area (Å²) in [7, 11) is 0. The molecule has 27 heavy (non-hydrogen) atoms. The molecule has 1 atom stereocenters. The van der Waals surface area contributed by atoms with Gasteiger partial charge in [-0.3, -0.25) is 9.59 Å². The van der Waals surface area contributed by atoms with Gasteiger partial charge in [-0.2, -0.15) is 0 Å². The third kappa shape index (κ3) is 5.82. The smallest absolute Gasteiger partial charge is 0.291 e. The van der Waals surface area contributed by atoms with Crippen LogP contribution in [-0.2, 0) is 16.1 Å². The molecule has 0 aliphatic carbocycles. The molecule has 1 aromatic carbocycles. The zero-order chi connectivity index (χ0) is 18.4. The fourth-order valence-corrected chi connectivity index (χ4v) is 2.90. The number of carbonyl (C=O) groups excluding carboxylic acids is 2. The van der Waals surface area contributed by atoms with Crippen molar-refractivity contribution in [3.63, 3.8) is 0 Å². The van der Waals surface area contributed by atoms with E-state index < -0.39 is 6.04 Å². The first-order chi connectivity index (χ1) is 12.6. The van der Waals surface area contributed by atoms with E-state index in [1.165, 1.54) is 6.26 Å². The third-order valence-electron chi connectivity index (χ3n) is 4.50. The van der Waals surface area contributed by atoms with E-state index in [0.717, 1.165) is 18.4 Å². The molecule has 7 nitrogen and oxygen atoms in total. The van der Waals surface area contributed by atoms with Crippen LogP contribution in [0.15, 0.2) is 47.1 Å². The van der Waals surface area contributed by atoms with Gasteiger partial charge < -0.3 is 25.5 Å². The van der Waals surface area contributed by atoms with Gasteiger partial charge >= 0.3 is 0 Å². The average molecular weight is 394 g/mol. The minimum absolute atomic E-state index is 0. The molecule has 3 rings (SSSR count). The number of hydrogen-bond donors (Lipinski definition) is 3. The summed E-state index contributed by atoms with van der Waals surface area (Å²) in [5, 5.41) is 5.62. The second kappa shape index (κ2) is 10.1. The Balaban J connectivity index is 0.00000261. The van der Waals surface area contributed by atoms with E-state index in [2.05, 4.69) is 10.6 Å². The van der Waals surface area contributed by atoms with Crippen LogP contribution in [0.5, 0.6) is 0 Å². The van der Waals surface area contributed by atoms with Crippen LogP contribution < -0.4 is 16.4 Å². The second-order valence-corrected chi connectivity index (χ2v) is 6.32. The molecule has 0 radical (unpaired) electrons. The Morgan fingerprint density at radius 1 is 1.15 bits per heavy atom. The van der Waals surface area contributed by atoms with E-state index in [9.17, 15) is 9.59 Å². The number of hydrogen-bond acceptors (Lipinski definition) is 5. The first-order valence-electron chi connectivity index (χ1n) is 8.68. The minimum atomic E-state index is -0.509. The highest BCUT2D eigenvalue weighted by molar-refractivity contribution is 6.02. The largest absolute Gasteiger partial charge is 0.459 e. The molecule has 0 spiro atoms. The summed E-state index contributed by atoms with van der Waals surface area (Å²) in [5.41, 5.74) is 7.64. The maximum atomic E-state index is 12.2. The van der Waals surface area contributed by atoms with E-state index in [1.807, 2.05) is 12.1 Å². The number of nitrogens with one attached hydrogen (secondary N) is 2. The molecular weight excluding hydrogens is 370 g/mol. The molecule has 1 aliphatic heterocycles. The van der Waals surface area contributed by atoms with E-state index in [-0.39, 0.29) is 35.9 Å². The molecule has 0 bridgehead atoms. The summed E-state index contributed by atoms with van der Waals surface area (Å²) in [6.07, 6.45) is 3.09. The number of carbonyl (C=O) groups is 2. The lowest BCUT2D eigenvalue weighted by Gasteiger charge is -2.26. The highest BCUT2D eigenvalue weighted by Crippen LogP contribution is 2.18. The summed E-state index contributed by atoms with van der Waals surface area (Å²) < 4.78 is 10.3. The van der Waals surface area contributed by atoms with Crippen LogP contribution in [0.4, 0.5) is 5.69 Å². The zero-order valence-electron chi connectivity index (χ0n) is 14.9. The van der Waals surface area contributed by atoms with E-state index >= 15 is 0 Å². The topological polar surface area (TPSA) is 107 Å². The van der Waals surface area contributed by atoms with Crippen LogP contribution in [0.3, 0.4) is 0 Å². The van der Waals surface area contributed by atoms with Gasteiger partial charge in [-0.25, -0.2) is 0 Å². The van der Waals surface area contributed by atoms with Gasteiger partial charge in [0.1, 0.15) is 0 Å². The Morgan fingerprint density at radius 3 is 2.48 bits per heavy atom. The third-order valence-corrected chi connectivity index (χ3v) is 4.50. The summed E-state index contributed by atoms with van der Waals surface area (Å²) in [4.78, 5) is 24.1. The molecule has 2 aromatic rings. The number of halogens is 1. The number of benzene rings is 1. The molecule has 1 aliphatic rings. The fraction of sp³-hybridized carbons (Fsp3) is 0.368. The van der Waals surface area contributed by atoms with Crippen molar-refractivity contribution in [1.29, 1.82) is 0 Å². The molecule has 1 aromatic heterocycles. The van der Waals surface area contributed by atoms with E-state index in [1.54, 1.807) is 24.3 Å². The Hall–Kier alpha value is -2.35. The van der Waals surface area contributed by atoms with E-state index in [4.69, 9.17) is 14.9 Å². The monoisotopic (exact) mass is 393 g/mol. The molecule has 146 valence electrons. The van der Waals surface area contributed by atoms with Crippen LogP contribution in [0, 0.1) is 5.92 Å². The van der Waals surface area contributed by atoms with Gasteiger partial charge in [-0.05, 0) is 48.6 Å². The number of rotatable bonds is 6. The molecule has 2 amide bonds. The van der Waals surface area contributed by atoms with Crippen molar-refractivity contribution in [2.45, 2.75) is 25.4 Å². The highest BCUT2D eigenvalue weighted by atomic mass is 35.5. The number of ether oxygens (including phenoxy) is 1. The zero-order valence-corrected chi connectivity index (χ0v) is 15.7. The van der Waals surface area contributed by atoms with Gasteiger partial charge in [-0.15, -0.1) is 12.4 Å². The van der Waals surface area contributed by atoms with Crippen LogP contribution in [0.1, 0.15) is 29.0 Å². The number of amides is 2. The van der Waals surface area contributed by atoms with Crippen molar-refractivity contribution < 1.29 is 18.7 Å². The van der Waals surface area contributed by atoms with Gasteiger partial charge in [0.2, 0.25) is 5.91 Å². The predicted molar refractivity (Wildman–Crippen MR) is 104 cm³/mol.